The summed E-state index contributed by atoms with van der Waals surface area (Å²) in [6, 6.07) is 0.846. The summed E-state index contributed by atoms with van der Waals surface area (Å²) in [5, 5.41) is 3.71. The molecule has 2 saturated carbocycles. The Kier molecular flexibility index (Phi) is 3.26. The van der Waals surface area contributed by atoms with Crippen LogP contribution in [0.5, 0.6) is 0 Å². The quantitative estimate of drug-likeness (QED) is 0.643. The first-order valence-electron chi connectivity index (χ1n) is 6.09. The van der Waals surface area contributed by atoms with Gasteiger partial charge in [-0.15, -0.1) is 0 Å². The van der Waals surface area contributed by atoms with E-state index in [0.29, 0.717) is 0 Å². The average Bonchev–Trinajstić information content (AvgIpc) is 2.86. The maximum atomic E-state index is 3.71. The zero-order valence-corrected chi connectivity index (χ0v) is 8.89. The molecule has 2 aliphatic rings. The van der Waals surface area contributed by atoms with Crippen LogP contribution in [0.25, 0.3) is 0 Å². The third-order valence-corrected chi connectivity index (χ3v) is 3.75. The van der Waals surface area contributed by atoms with E-state index in [1.165, 1.54) is 51.5 Å². The monoisotopic (exact) mass is 181 g/mol. The highest BCUT2D eigenvalue weighted by Gasteiger charge is 2.23. The highest BCUT2D eigenvalue weighted by atomic mass is 14.9. The molecule has 1 N–H and O–H groups in total. The van der Waals surface area contributed by atoms with E-state index in [1.54, 1.807) is 0 Å². The zero-order valence-electron chi connectivity index (χ0n) is 8.89. The fraction of sp³-hybridized carbons (Fsp3) is 1.00. The Morgan fingerprint density at radius 1 is 1.15 bits per heavy atom. The van der Waals surface area contributed by atoms with Crippen molar-refractivity contribution in [2.45, 2.75) is 57.9 Å². The molecule has 0 amide bonds. The fourth-order valence-electron chi connectivity index (χ4n) is 2.53. The molecule has 2 rings (SSSR count). The number of hydrogen-bond acceptors (Lipinski definition) is 1. The minimum absolute atomic E-state index is 0.846. The molecule has 2 fully saturated rings. The second-order valence-electron chi connectivity index (χ2n) is 5.05. The molecule has 2 unspecified atom stereocenters. The number of rotatable bonds is 5. The Bertz CT molecular complexity index is 151. The van der Waals surface area contributed by atoms with Gasteiger partial charge < -0.3 is 5.32 Å². The maximum Gasteiger partial charge on any atom is 0.00926 e. The van der Waals surface area contributed by atoms with Crippen molar-refractivity contribution in [1.82, 2.24) is 5.32 Å². The van der Waals surface area contributed by atoms with Crippen LogP contribution >= 0.6 is 0 Å². The Morgan fingerprint density at radius 2 is 2.00 bits per heavy atom. The summed E-state index contributed by atoms with van der Waals surface area (Å²) < 4.78 is 0. The lowest BCUT2D eigenvalue weighted by atomic mass is 10.1. The van der Waals surface area contributed by atoms with Crippen LogP contribution in [0.2, 0.25) is 0 Å². The lowest BCUT2D eigenvalue weighted by Crippen LogP contribution is -2.31. The molecule has 0 radical (unpaired) electrons. The molecule has 0 aliphatic heterocycles. The third-order valence-electron chi connectivity index (χ3n) is 3.75. The molecule has 0 heterocycles. The van der Waals surface area contributed by atoms with Gasteiger partial charge in [0.1, 0.15) is 0 Å². The van der Waals surface area contributed by atoms with Crippen molar-refractivity contribution in [3.63, 3.8) is 0 Å². The SMILES string of the molecule is CC1CCCC1NCCCC1CC1. The Hall–Kier alpha value is -0.0400. The van der Waals surface area contributed by atoms with E-state index in [0.717, 1.165) is 17.9 Å². The summed E-state index contributed by atoms with van der Waals surface area (Å²) in [5.41, 5.74) is 0. The second-order valence-corrected chi connectivity index (χ2v) is 5.05. The molecular weight excluding hydrogens is 158 g/mol. The van der Waals surface area contributed by atoms with Crippen LogP contribution in [-0.2, 0) is 0 Å². The van der Waals surface area contributed by atoms with Crippen LogP contribution in [0.1, 0.15) is 51.9 Å². The van der Waals surface area contributed by atoms with Gasteiger partial charge >= 0.3 is 0 Å². The molecule has 0 aromatic heterocycles. The third kappa shape index (κ3) is 2.98. The minimum atomic E-state index is 0.846. The first kappa shape index (κ1) is 9.51. The topological polar surface area (TPSA) is 12.0 Å². The molecule has 13 heavy (non-hydrogen) atoms. The molecule has 2 aliphatic carbocycles. The smallest absolute Gasteiger partial charge is 0.00926 e. The van der Waals surface area contributed by atoms with Gasteiger partial charge in [0.05, 0.1) is 0 Å². The van der Waals surface area contributed by atoms with Crippen LogP contribution in [0.15, 0.2) is 0 Å². The Labute approximate surface area is 82.3 Å². The van der Waals surface area contributed by atoms with Gasteiger partial charge in [0.2, 0.25) is 0 Å². The molecule has 1 heteroatoms. The largest absolute Gasteiger partial charge is 0.314 e. The van der Waals surface area contributed by atoms with Gasteiger partial charge in [-0.3, -0.25) is 0 Å². The van der Waals surface area contributed by atoms with E-state index in [9.17, 15) is 0 Å². The van der Waals surface area contributed by atoms with Gasteiger partial charge in [-0.2, -0.15) is 0 Å². The van der Waals surface area contributed by atoms with Crippen LogP contribution in [0, 0.1) is 11.8 Å². The maximum absolute atomic E-state index is 3.71. The predicted octanol–water partition coefficient (Wildman–Crippen LogP) is 2.95. The summed E-state index contributed by atoms with van der Waals surface area (Å²) in [6.45, 7) is 3.66. The van der Waals surface area contributed by atoms with Gasteiger partial charge in [0.25, 0.3) is 0 Å². The number of hydrogen-bond donors (Lipinski definition) is 1. The van der Waals surface area contributed by atoms with Crippen LogP contribution in [-0.4, -0.2) is 12.6 Å². The first-order chi connectivity index (χ1) is 6.36. The van der Waals surface area contributed by atoms with E-state index < -0.39 is 0 Å². The molecule has 0 saturated heterocycles. The summed E-state index contributed by atoms with van der Waals surface area (Å²) in [4.78, 5) is 0. The van der Waals surface area contributed by atoms with Crippen molar-refractivity contribution in [3.05, 3.63) is 0 Å². The number of nitrogens with one attached hydrogen (secondary N) is 1. The van der Waals surface area contributed by atoms with Crippen molar-refractivity contribution in [1.29, 1.82) is 0 Å². The Morgan fingerprint density at radius 3 is 2.62 bits per heavy atom. The summed E-state index contributed by atoms with van der Waals surface area (Å²) in [7, 11) is 0. The van der Waals surface area contributed by atoms with Crippen molar-refractivity contribution in [3.8, 4) is 0 Å². The normalized spacial score (nSPS) is 33.9. The van der Waals surface area contributed by atoms with E-state index in [4.69, 9.17) is 0 Å². The molecule has 0 aromatic carbocycles. The van der Waals surface area contributed by atoms with E-state index >= 15 is 0 Å². The minimum Gasteiger partial charge on any atom is -0.314 e. The van der Waals surface area contributed by atoms with Gasteiger partial charge in [0.15, 0.2) is 0 Å². The van der Waals surface area contributed by atoms with Crippen LogP contribution < -0.4 is 5.32 Å². The highest BCUT2D eigenvalue weighted by molar-refractivity contribution is 4.80. The molecule has 0 bridgehead atoms. The molecule has 0 aromatic rings. The van der Waals surface area contributed by atoms with Crippen molar-refractivity contribution in [2.75, 3.05) is 6.54 Å². The zero-order chi connectivity index (χ0) is 9.10. The van der Waals surface area contributed by atoms with Crippen molar-refractivity contribution >= 4 is 0 Å². The molecule has 76 valence electrons. The van der Waals surface area contributed by atoms with Crippen LogP contribution in [0.3, 0.4) is 0 Å². The van der Waals surface area contributed by atoms with Crippen LogP contribution in [0.4, 0.5) is 0 Å². The summed E-state index contributed by atoms with van der Waals surface area (Å²) >= 11 is 0. The van der Waals surface area contributed by atoms with E-state index in [-0.39, 0.29) is 0 Å². The van der Waals surface area contributed by atoms with Crippen molar-refractivity contribution in [2.24, 2.45) is 11.8 Å². The average molecular weight is 181 g/mol. The Balaban J connectivity index is 1.51. The fourth-order valence-corrected chi connectivity index (χ4v) is 2.53. The van der Waals surface area contributed by atoms with Gasteiger partial charge in [0, 0.05) is 6.04 Å². The lowest BCUT2D eigenvalue weighted by Gasteiger charge is -2.16. The van der Waals surface area contributed by atoms with Gasteiger partial charge in [-0.25, -0.2) is 0 Å². The first-order valence-corrected chi connectivity index (χ1v) is 6.09. The highest BCUT2D eigenvalue weighted by Crippen LogP contribution is 2.33. The lowest BCUT2D eigenvalue weighted by molar-refractivity contribution is 0.419. The standard InChI is InChI=1S/C12H23N/c1-10-4-2-6-12(10)13-9-3-5-11-7-8-11/h10-13H,2-9H2,1H3. The predicted molar refractivity (Wildman–Crippen MR) is 56.8 cm³/mol. The summed E-state index contributed by atoms with van der Waals surface area (Å²) in [6.07, 6.45) is 10.2. The van der Waals surface area contributed by atoms with E-state index in [1.807, 2.05) is 0 Å². The van der Waals surface area contributed by atoms with E-state index in [2.05, 4.69) is 12.2 Å². The summed E-state index contributed by atoms with van der Waals surface area (Å²) in [5.74, 6) is 2.05. The molecule has 1 nitrogen and oxygen atoms in total. The van der Waals surface area contributed by atoms with Crippen molar-refractivity contribution < 1.29 is 0 Å². The molecule has 0 spiro atoms. The second kappa shape index (κ2) is 4.45. The van der Waals surface area contributed by atoms with Gasteiger partial charge in [-0.05, 0) is 44.1 Å². The molecule has 2 atom stereocenters. The molecular formula is C12H23N. The van der Waals surface area contributed by atoms with Gasteiger partial charge in [-0.1, -0.05) is 26.2 Å².